The van der Waals surface area contributed by atoms with Crippen molar-refractivity contribution in [1.82, 2.24) is 4.98 Å². The molecule has 0 radical (unpaired) electrons. The van der Waals surface area contributed by atoms with E-state index in [0.29, 0.717) is 11.3 Å². The molecular formula is C14H22N2. The molecule has 2 unspecified atom stereocenters. The van der Waals surface area contributed by atoms with Crippen molar-refractivity contribution in [3.63, 3.8) is 0 Å². The van der Waals surface area contributed by atoms with E-state index < -0.39 is 0 Å². The fourth-order valence-electron chi connectivity index (χ4n) is 2.71. The number of rotatable bonds is 2. The van der Waals surface area contributed by atoms with Gasteiger partial charge in [0, 0.05) is 23.9 Å². The molecule has 1 aromatic rings. The van der Waals surface area contributed by atoms with Gasteiger partial charge in [-0.05, 0) is 36.3 Å². The van der Waals surface area contributed by atoms with Crippen LogP contribution >= 0.6 is 0 Å². The zero-order valence-corrected chi connectivity index (χ0v) is 10.5. The van der Waals surface area contributed by atoms with Crippen molar-refractivity contribution < 1.29 is 0 Å². The Morgan fingerprint density at radius 2 is 2.25 bits per heavy atom. The summed E-state index contributed by atoms with van der Waals surface area (Å²) in [4.78, 5) is 4.51. The molecule has 88 valence electrons. The Balaban J connectivity index is 2.13. The standard InChI is InChI=1S/C14H22N2/c1-14(2,3)9-12(15)11-7-6-10-5-4-8-16-13(10)11/h4-5,8,11-12H,6-7,9,15H2,1-3H3. The van der Waals surface area contributed by atoms with E-state index in [2.05, 4.69) is 31.8 Å². The molecule has 0 amide bonds. The van der Waals surface area contributed by atoms with Crippen molar-refractivity contribution in [3.05, 3.63) is 29.6 Å². The number of nitrogens with zero attached hydrogens (tertiary/aromatic N) is 1. The van der Waals surface area contributed by atoms with Crippen LogP contribution in [0.3, 0.4) is 0 Å². The Kier molecular flexibility index (Phi) is 3.02. The number of nitrogens with two attached hydrogens (primary N) is 1. The Labute approximate surface area is 98.3 Å². The van der Waals surface area contributed by atoms with Crippen molar-refractivity contribution in [2.45, 2.75) is 52.0 Å². The van der Waals surface area contributed by atoms with Gasteiger partial charge in [0.05, 0.1) is 0 Å². The second kappa shape index (κ2) is 4.17. The zero-order chi connectivity index (χ0) is 11.8. The van der Waals surface area contributed by atoms with E-state index in [-0.39, 0.29) is 6.04 Å². The first-order valence-electron chi connectivity index (χ1n) is 6.17. The number of fused-ring (bicyclic) bond motifs is 1. The minimum Gasteiger partial charge on any atom is -0.327 e. The van der Waals surface area contributed by atoms with Crippen molar-refractivity contribution in [2.24, 2.45) is 11.1 Å². The van der Waals surface area contributed by atoms with Gasteiger partial charge in [0.2, 0.25) is 0 Å². The Hall–Kier alpha value is -0.890. The normalized spacial score (nSPS) is 21.9. The van der Waals surface area contributed by atoms with Crippen LogP contribution in [0.4, 0.5) is 0 Å². The quantitative estimate of drug-likeness (QED) is 0.829. The van der Waals surface area contributed by atoms with Crippen LogP contribution in [-0.2, 0) is 6.42 Å². The number of aryl methyl sites for hydroxylation is 1. The number of hydrogen-bond donors (Lipinski definition) is 1. The van der Waals surface area contributed by atoms with Gasteiger partial charge in [-0.2, -0.15) is 0 Å². The fourth-order valence-corrected chi connectivity index (χ4v) is 2.71. The van der Waals surface area contributed by atoms with Gasteiger partial charge in [0.15, 0.2) is 0 Å². The first kappa shape index (κ1) is 11.6. The van der Waals surface area contributed by atoms with Crippen molar-refractivity contribution in [3.8, 4) is 0 Å². The van der Waals surface area contributed by atoms with Crippen LogP contribution in [0.25, 0.3) is 0 Å². The van der Waals surface area contributed by atoms with E-state index in [4.69, 9.17) is 5.73 Å². The molecule has 1 heterocycles. The molecule has 0 aromatic carbocycles. The lowest BCUT2D eigenvalue weighted by Gasteiger charge is -2.27. The lowest BCUT2D eigenvalue weighted by molar-refractivity contribution is 0.313. The minimum atomic E-state index is 0.246. The maximum atomic E-state index is 6.34. The largest absolute Gasteiger partial charge is 0.327 e. The van der Waals surface area contributed by atoms with Crippen molar-refractivity contribution >= 4 is 0 Å². The first-order chi connectivity index (χ1) is 7.47. The molecule has 16 heavy (non-hydrogen) atoms. The lowest BCUT2D eigenvalue weighted by Crippen LogP contribution is -2.32. The van der Waals surface area contributed by atoms with Crippen molar-refractivity contribution in [1.29, 1.82) is 0 Å². The molecule has 0 aliphatic heterocycles. The molecule has 0 fully saturated rings. The van der Waals surface area contributed by atoms with Gasteiger partial charge < -0.3 is 5.73 Å². The summed E-state index contributed by atoms with van der Waals surface area (Å²) in [5.74, 6) is 0.468. The number of pyridine rings is 1. The van der Waals surface area contributed by atoms with Crippen LogP contribution in [0.2, 0.25) is 0 Å². The van der Waals surface area contributed by atoms with E-state index in [1.807, 2.05) is 12.3 Å². The topological polar surface area (TPSA) is 38.9 Å². The average Bonchev–Trinajstić information content (AvgIpc) is 2.58. The average molecular weight is 218 g/mol. The Morgan fingerprint density at radius 3 is 2.94 bits per heavy atom. The maximum absolute atomic E-state index is 6.34. The SMILES string of the molecule is CC(C)(C)CC(N)C1CCc2cccnc21. The van der Waals surface area contributed by atoms with Crippen LogP contribution in [0.5, 0.6) is 0 Å². The van der Waals surface area contributed by atoms with E-state index in [1.165, 1.54) is 17.7 Å². The highest BCUT2D eigenvalue weighted by atomic mass is 14.8. The highest BCUT2D eigenvalue weighted by Gasteiger charge is 2.30. The molecule has 1 aliphatic rings. The summed E-state index contributed by atoms with van der Waals surface area (Å²) in [6.07, 6.45) is 5.27. The number of aromatic nitrogens is 1. The molecule has 2 rings (SSSR count). The second-order valence-corrected chi connectivity index (χ2v) is 6.12. The monoisotopic (exact) mass is 218 g/mol. The molecule has 0 saturated carbocycles. The van der Waals surface area contributed by atoms with Gasteiger partial charge in [-0.3, -0.25) is 4.98 Å². The molecule has 2 atom stereocenters. The molecule has 1 aliphatic carbocycles. The van der Waals surface area contributed by atoms with Crippen LogP contribution < -0.4 is 5.73 Å². The lowest BCUT2D eigenvalue weighted by atomic mass is 9.82. The van der Waals surface area contributed by atoms with E-state index in [1.54, 1.807) is 0 Å². The molecule has 0 saturated heterocycles. The van der Waals surface area contributed by atoms with Gasteiger partial charge in [-0.1, -0.05) is 26.8 Å². The second-order valence-electron chi connectivity index (χ2n) is 6.12. The summed E-state index contributed by atoms with van der Waals surface area (Å²) in [7, 11) is 0. The van der Waals surface area contributed by atoms with E-state index >= 15 is 0 Å². The van der Waals surface area contributed by atoms with Crippen LogP contribution in [0, 0.1) is 5.41 Å². The summed E-state index contributed by atoms with van der Waals surface area (Å²) < 4.78 is 0. The Morgan fingerprint density at radius 1 is 1.50 bits per heavy atom. The van der Waals surface area contributed by atoms with E-state index in [0.717, 1.165) is 12.8 Å². The molecule has 0 bridgehead atoms. The predicted molar refractivity (Wildman–Crippen MR) is 67.3 cm³/mol. The fraction of sp³-hybridized carbons (Fsp3) is 0.643. The van der Waals surface area contributed by atoms with Crippen LogP contribution in [0.1, 0.15) is 50.8 Å². The minimum absolute atomic E-state index is 0.246. The van der Waals surface area contributed by atoms with Gasteiger partial charge in [0.1, 0.15) is 0 Å². The predicted octanol–water partition coefficient (Wildman–Crippen LogP) is 2.87. The summed E-state index contributed by atoms with van der Waals surface area (Å²) >= 11 is 0. The Bertz CT molecular complexity index is 365. The molecule has 0 spiro atoms. The van der Waals surface area contributed by atoms with Gasteiger partial charge in [-0.15, -0.1) is 0 Å². The third-order valence-corrected chi connectivity index (χ3v) is 3.37. The maximum Gasteiger partial charge on any atom is 0.0482 e. The summed E-state index contributed by atoms with van der Waals surface area (Å²) in [6, 6.07) is 4.46. The van der Waals surface area contributed by atoms with E-state index in [9.17, 15) is 0 Å². The zero-order valence-electron chi connectivity index (χ0n) is 10.5. The number of hydrogen-bond acceptors (Lipinski definition) is 2. The summed E-state index contributed by atoms with van der Waals surface area (Å²) in [6.45, 7) is 6.75. The summed E-state index contributed by atoms with van der Waals surface area (Å²) in [5, 5.41) is 0. The summed E-state index contributed by atoms with van der Waals surface area (Å²) in [5.41, 5.74) is 9.29. The molecule has 1 aromatic heterocycles. The van der Waals surface area contributed by atoms with Crippen LogP contribution in [0.15, 0.2) is 18.3 Å². The third-order valence-electron chi connectivity index (χ3n) is 3.37. The molecular weight excluding hydrogens is 196 g/mol. The third kappa shape index (κ3) is 2.43. The highest BCUT2D eigenvalue weighted by molar-refractivity contribution is 5.29. The van der Waals surface area contributed by atoms with Gasteiger partial charge in [-0.25, -0.2) is 0 Å². The van der Waals surface area contributed by atoms with Crippen molar-refractivity contribution in [2.75, 3.05) is 0 Å². The molecule has 2 N–H and O–H groups in total. The highest BCUT2D eigenvalue weighted by Crippen LogP contribution is 2.36. The van der Waals surface area contributed by atoms with Gasteiger partial charge in [0.25, 0.3) is 0 Å². The first-order valence-corrected chi connectivity index (χ1v) is 6.17. The molecule has 2 heteroatoms. The van der Waals surface area contributed by atoms with Crippen LogP contribution in [-0.4, -0.2) is 11.0 Å². The van der Waals surface area contributed by atoms with Gasteiger partial charge >= 0.3 is 0 Å². The molecule has 2 nitrogen and oxygen atoms in total. The smallest absolute Gasteiger partial charge is 0.0482 e.